The molecule has 18 heavy (non-hydrogen) atoms. The van der Waals surface area contributed by atoms with Gasteiger partial charge in [0.15, 0.2) is 0 Å². The third-order valence-corrected chi connectivity index (χ3v) is 2.68. The summed E-state index contributed by atoms with van der Waals surface area (Å²) in [5.74, 6) is 0. The lowest BCUT2D eigenvalue weighted by Gasteiger charge is -2.07. The van der Waals surface area contributed by atoms with E-state index in [1.54, 1.807) is 30.6 Å². The Hall–Kier alpha value is -2.14. The molecule has 0 fully saturated rings. The standard InChI is InChI=1S/C12H10ClN3O2/c1-7-11(15-5-4-14-7)8-2-3-10(9(13)6-8)16-12(17)18/h2-6,16H,1H3,(H,17,18). The molecule has 1 aromatic heterocycles. The highest BCUT2D eigenvalue weighted by Gasteiger charge is 2.08. The van der Waals surface area contributed by atoms with Gasteiger partial charge in [-0.25, -0.2) is 4.79 Å². The van der Waals surface area contributed by atoms with Gasteiger partial charge in [-0.05, 0) is 19.1 Å². The summed E-state index contributed by atoms with van der Waals surface area (Å²) in [6.07, 6.45) is 2.06. The molecule has 6 heteroatoms. The third-order valence-electron chi connectivity index (χ3n) is 2.37. The van der Waals surface area contributed by atoms with E-state index in [1.807, 2.05) is 6.92 Å². The quantitative estimate of drug-likeness (QED) is 0.872. The van der Waals surface area contributed by atoms with Crippen molar-refractivity contribution in [2.75, 3.05) is 5.32 Å². The smallest absolute Gasteiger partial charge is 0.409 e. The molecular weight excluding hydrogens is 254 g/mol. The van der Waals surface area contributed by atoms with E-state index in [4.69, 9.17) is 16.7 Å². The third kappa shape index (κ3) is 2.57. The Kier molecular flexibility index (Phi) is 3.43. The topological polar surface area (TPSA) is 75.1 Å². The van der Waals surface area contributed by atoms with Crippen LogP contribution in [0.2, 0.25) is 5.02 Å². The second kappa shape index (κ2) is 5.01. The van der Waals surface area contributed by atoms with Crippen LogP contribution in [0.1, 0.15) is 5.69 Å². The summed E-state index contributed by atoms with van der Waals surface area (Å²) in [5, 5.41) is 11.2. The van der Waals surface area contributed by atoms with E-state index in [9.17, 15) is 4.79 Å². The molecule has 0 radical (unpaired) electrons. The van der Waals surface area contributed by atoms with Crippen molar-refractivity contribution in [1.29, 1.82) is 0 Å². The molecule has 5 nitrogen and oxygen atoms in total. The zero-order valence-corrected chi connectivity index (χ0v) is 10.3. The fourth-order valence-electron chi connectivity index (χ4n) is 1.57. The SMILES string of the molecule is Cc1nccnc1-c1ccc(NC(=O)O)c(Cl)c1. The number of aryl methyl sites for hydroxylation is 1. The molecule has 0 spiro atoms. The Morgan fingerprint density at radius 1 is 1.33 bits per heavy atom. The minimum absolute atomic E-state index is 0.319. The number of aromatic nitrogens is 2. The fourth-order valence-corrected chi connectivity index (χ4v) is 1.80. The molecule has 0 saturated carbocycles. The number of halogens is 1. The van der Waals surface area contributed by atoms with Crippen molar-refractivity contribution in [2.24, 2.45) is 0 Å². The van der Waals surface area contributed by atoms with Crippen LogP contribution in [0, 0.1) is 6.92 Å². The highest BCUT2D eigenvalue weighted by molar-refractivity contribution is 6.33. The molecule has 0 aliphatic heterocycles. The zero-order valence-electron chi connectivity index (χ0n) is 9.51. The lowest BCUT2D eigenvalue weighted by atomic mass is 10.1. The largest absolute Gasteiger partial charge is 0.465 e. The highest BCUT2D eigenvalue weighted by atomic mass is 35.5. The molecule has 2 N–H and O–H groups in total. The average molecular weight is 264 g/mol. The van der Waals surface area contributed by atoms with Crippen LogP contribution in [-0.4, -0.2) is 21.2 Å². The first kappa shape index (κ1) is 12.3. The lowest BCUT2D eigenvalue weighted by Crippen LogP contribution is -2.07. The Morgan fingerprint density at radius 3 is 2.67 bits per heavy atom. The summed E-state index contributed by atoms with van der Waals surface area (Å²) in [4.78, 5) is 18.9. The van der Waals surface area contributed by atoms with Crippen LogP contribution >= 0.6 is 11.6 Å². The molecule has 0 saturated heterocycles. The van der Waals surface area contributed by atoms with Gasteiger partial charge >= 0.3 is 6.09 Å². The van der Waals surface area contributed by atoms with Gasteiger partial charge in [0.1, 0.15) is 0 Å². The molecule has 0 bridgehead atoms. The zero-order chi connectivity index (χ0) is 13.1. The van der Waals surface area contributed by atoms with Crippen molar-refractivity contribution in [1.82, 2.24) is 9.97 Å². The first-order chi connectivity index (χ1) is 8.58. The number of amides is 1. The van der Waals surface area contributed by atoms with Crippen LogP contribution in [0.15, 0.2) is 30.6 Å². The summed E-state index contributed by atoms with van der Waals surface area (Å²) in [6, 6.07) is 5.00. The van der Waals surface area contributed by atoms with Crippen LogP contribution in [-0.2, 0) is 0 Å². The number of carboxylic acid groups (broad SMARTS) is 1. The van der Waals surface area contributed by atoms with E-state index in [0.717, 1.165) is 17.0 Å². The molecule has 0 aliphatic rings. The van der Waals surface area contributed by atoms with Gasteiger partial charge in [-0.15, -0.1) is 0 Å². The summed E-state index contributed by atoms with van der Waals surface area (Å²) >= 11 is 6.00. The first-order valence-corrected chi connectivity index (χ1v) is 5.53. The lowest BCUT2D eigenvalue weighted by molar-refractivity contribution is 0.210. The monoisotopic (exact) mass is 263 g/mol. The molecule has 92 valence electrons. The van der Waals surface area contributed by atoms with Crippen molar-refractivity contribution in [3.8, 4) is 11.3 Å². The van der Waals surface area contributed by atoms with Crippen LogP contribution in [0.4, 0.5) is 10.5 Å². The number of benzene rings is 1. The normalized spacial score (nSPS) is 10.1. The first-order valence-electron chi connectivity index (χ1n) is 5.15. The maximum Gasteiger partial charge on any atom is 0.409 e. The van der Waals surface area contributed by atoms with Crippen molar-refractivity contribution in [3.05, 3.63) is 41.3 Å². The summed E-state index contributed by atoms with van der Waals surface area (Å²) < 4.78 is 0. The molecule has 0 atom stereocenters. The minimum Gasteiger partial charge on any atom is -0.465 e. The molecule has 2 aromatic rings. The number of hydrogen-bond donors (Lipinski definition) is 2. The van der Waals surface area contributed by atoms with E-state index in [0.29, 0.717) is 10.7 Å². The molecular formula is C12H10ClN3O2. The minimum atomic E-state index is -1.15. The van der Waals surface area contributed by atoms with Crippen LogP contribution in [0.3, 0.4) is 0 Å². The molecule has 1 heterocycles. The molecule has 0 unspecified atom stereocenters. The summed E-state index contributed by atoms with van der Waals surface area (Å²) in [6.45, 7) is 1.85. The van der Waals surface area contributed by atoms with E-state index in [2.05, 4.69) is 15.3 Å². The molecule has 2 rings (SSSR count). The number of carbonyl (C=O) groups is 1. The Labute approximate surface area is 108 Å². The van der Waals surface area contributed by atoms with Gasteiger partial charge in [0, 0.05) is 18.0 Å². The number of nitrogens with zero attached hydrogens (tertiary/aromatic N) is 2. The number of rotatable bonds is 2. The Bertz CT molecular complexity index is 602. The molecule has 0 aliphatic carbocycles. The molecule has 1 amide bonds. The van der Waals surface area contributed by atoms with E-state index < -0.39 is 6.09 Å². The average Bonchev–Trinajstić information content (AvgIpc) is 2.32. The van der Waals surface area contributed by atoms with Crippen molar-refractivity contribution in [2.45, 2.75) is 6.92 Å². The van der Waals surface area contributed by atoms with Gasteiger partial charge in [0.2, 0.25) is 0 Å². The van der Waals surface area contributed by atoms with Crippen molar-refractivity contribution >= 4 is 23.4 Å². The second-order valence-electron chi connectivity index (χ2n) is 3.62. The van der Waals surface area contributed by atoms with E-state index in [-0.39, 0.29) is 0 Å². The van der Waals surface area contributed by atoms with Gasteiger partial charge < -0.3 is 5.11 Å². The van der Waals surface area contributed by atoms with Crippen molar-refractivity contribution < 1.29 is 9.90 Å². The van der Waals surface area contributed by atoms with E-state index in [1.165, 1.54) is 0 Å². The predicted molar refractivity (Wildman–Crippen MR) is 68.9 cm³/mol. The predicted octanol–water partition coefficient (Wildman–Crippen LogP) is 3.20. The van der Waals surface area contributed by atoms with Gasteiger partial charge in [0.05, 0.1) is 22.1 Å². The van der Waals surface area contributed by atoms with Gasteiger partial charge in [-0.2, -0.15) is 0 Å². The number of nitrogens with one attached hydrogen (secondary N) is 1. The van der Waals surface area contributed by atoms with Gasteiger partial charge in [-0.1, -0.05) is 17.7 Å². The van der Waals surface area contributed by atoms with Gasteiger partial charge in [0.25, 0.3) is 0 Å². The van der Waals surface area contributed by atoms with Crippen LogP contribution in [0.25, 0.3) is 11.3 Å². The van der Waals surface area contributed by atoms with E-state index >= 15 is 0 Å². The maximum absolute atomic E-state index is 10.5. The Morgan fingerprint density at radius 2 is 2.06 bits per heavy atom. The second-order valence-corrected chi connectivity index (χ2v) is 4.02. The van der Waals surface area contributed by atoms with Crippen LogP contribution in [0.5, 0.6) is 0 Å². The Balaban J connectivity index is 2.40. The summed E-state index contributed by atoms with van der Waals surface area (Å²) in [7, 11) is 0. The number of hydrogen-bond acceptors (Lipinski definition) is 3. The van der Waals surface area contributed by atoms with Crippen LogP contribution < -0.4 is 5.32 Å². The van der Waals surface area contributed by atoms with Gasteiger partial charge in [-0.3, -0.25) is 15.3 Å². The summed E-state index contributed by atoms with van der Waals surface area (Å²) in [5.41, 5.74) is 2.64. The molecule has 1 aromatic carbocycles. The highest BCUT2D eigenvalue weighted by Crippen LogP contribution is 2.28. The van der Waals surface area contributed by atoms with Crippen molar-refractivity contribution in [3.63, 3.8) is 0 Å². The number of anilines is 1. The maximum atomic E-state index is 10.5. The fraction of sp³-hybridized carbons (Fsp3) is 0.0833.